The summed E-state index contributed by atoms with van der Waals surface area (Å²) in [4.78, 5) is -0.573. The van der Waals surface area contributed by atoms with Crippen molar-refractivity contribution in [2.24, 2.45) is 7.05 Å². The molecule has 0 unspecified atom stereocenters. The van der Waals surface area contributed by atoms with Gasteiger partial charge in [-0.05, 0) is 24.3 Å². The molecule has 0 saturated heterocycles. The summed E-state index contributed by atoms with van der Waals surface area (Å²) in [5, 5.41) is 0. The topological polar surface area (TPSA) is 77.6 Å². The van der Waals surface area contributed by atoms with Gasteiger partial charge in [0.15, 0.2) is 0 Å². The summed E-state index contributed by atoms with van der Waals surface area (Å²) in [6.45, 7) is 0. The summed E-state index contributed by atoms with van der Waals surface area (Å²) >= 11 is 0. The number of nitrogens with two attached hydrogens (primary N) is 1. The number of anilines is 1. The molecular weight excluding hydrogens is 347 g/mol. The van der Waals surface area contributed by atoms with Crippen LogP contribution >= 0.6 is 0 Å². The van der Waals surface area contributed by atoms with Crippen LogP contribution in [0.1, 0.15) is 0 Å². The average molecular weight is 363 g/mol. The van der Waals surface area contributed by atoms with Crippen molar-refractivity contribution in [2.75, 3.05) is 19.8 Å². The van der Waals surface area contributed by atoms with Gasteiger partial charge in [0.1, 0.15) is 16.5 Å². The summed E-state index contributed by atoms with van der Waals surface area (Å²) < 4.78 is 68.7. The Morgan fingerprint density at radius 2 is 1.79 bits per heavy atom. The highest BCUT2D eigenvalue weighted by atomic mass is 32.2. The van der Waals surface area contributed by atoms with Crippen molar-refractivity contribution in [3.63, 3.8) is 0 Å². The molecule has 24 heavy (non-hydrogen) atoms. The van der Waals surface area contributed by atoms with Crippen LogP contribution in [0.3, 0.4) is 0 Å². The van der Waals surface area contributed by atoms with Crippen LogP contribution in [0.25, 0.3) is 11.3 Å². The fraction of sp³-hybridized carbons (Fsp3) is 0.286. The number of nitrogen functional groups attached to an aromatic ring is 1. The summed E-state index contributed by atoms with van der Waals surface area (Å²) in [7, 11) is -0.0271. The van der Waals surface area contributed by atoms with Gasteiger partial charge >= 0.3 is 6.36 Å². The summed E-state index contributed by atoms with van der Waals surface area (Å²) in [5.74, 6) is -0.387. The maximum absolute atomic E-state index is 12.7. The average Bonchev–Trinajstić information content (AvgIpc) is 2.76. The third-order valence-corrected chi connectivity index (χ3v) is 5.24. The van der Waals surface area contributed by atoms with Gasteiger partial charge in [-0.1, -0.05) is 6.07 Å². The standard InChI is InChI=1S/C14H16F3N3O3S/c1-19(2)24(21,22)12-6-4-9(8-11(12)23-14(15,16)17)10-5-7-13(18)20(10)3/h4-8H,18H2,1-3H3. The van der Waals surface area contributed by atoms with Crippen LogP contribution in [-0.4, -0.2) is 37.7 Å². The van der Waals surface area contributed by atoms with E-state index in [-0.39, 0.29) is 0 Å². The van der Waals surface area contributed by atoms with E-state index >= 15 is 0 Å². The number of alkyl halides is 3. The lowest BCUT2D eigenvalue weighted by atomic mass is 10.1. The number of aromatic nitrogens is 1. The number of hydrogen-bond donors (Lipinski definition) is 1. The number of benzene rings is 1. The van der Waals surface area contributed by atoms with Crippen molar-refractivity contribution in [3.8, 4) is 17.0 Å². The highest BCUT2D eigenvalue weighted by molar-refractivity contribution is 7.89. The van der Waals surface area contributed by atoms with E-state index in [9.17, 15) is 21.6 Å². The summed E-state index contributed by atoms with van der Waals surface area (Å²) in [6, 6.07) is 6.70. The lowest BCUT2D eigenvalue weighted by molar-refractivity contribution is -0.275. The number of sulfonamides is 1. The zero-order chi connectivity index (χ0) is 18.3. The molecule has 1 heterocycles. The highest BCUT2D eigenvalue weighted by Crippen LogP contribution is 2.35. The van der Waals surface area contributed by atoms with Crippen LogP contribution in [0.4, 0.5) is 19.0 Å². The predicted molar refractivity (Wildman–Crippen MR) is 82.8 cm³/mol. The van der Waals surface area contributed by atoms with Gasteiger partial charge in [-0.2, -0.15) is 0 Å². The first-order chi connectivity index (χ1) is 10.9. The minimum atomic E-state index is -5.03. The van der Waals surface area contributed by atoms with E-state index < -0.39 is 27.0 Å². The van der Waals surface area contributed by atoms with Crippen LogP contribution in [0, 0.1) is 0 Å². The molecule has 6 nitrogen and oxygen atoms in total. The quantitative estimate of drug-likeness (QED) is 0.905. The highest BCUT2D eigenvalue weighted by Gasteiger charge is 2.35. The molecule has 2 N–H and O–H groups in total. The van der Waals surface area contributed by atoms with Gasteiger partial charge in [-0.3, -0.25) is 0 Å². The van der Waals surface area contributed by atoms with Crippen molar-refractivity contribution < 1.29 is 26.3 Å². The van der Waals surface area contributed by atoms with Gasteiger partial charge in [0.05, 0.1) is 0 Å². The number of ether oxygens (including phenoxy) is 1. The lowest BCUT2D eigenvalue weighted by Gasteiger charge is -2.18. The molecule has 10 heteroatoms. The van der Waals surface area contributed by atoms with E-state index in [1.54, 1.807) is 23.7 Å². The second kappa shape index (κ2) is 6.02. The van der Waals surface area contributed by atoms with Gasteiger partial charge < -0.3 is 15.0 Å². The van der Waals surface area contributed by atoms with E-state index in [2.05, 4.69) is 4.74 Å². The SMILES string of the molecule is CN(C)S(=O)(=O)c1ccc(-c2ccc(N)n2C)cc1OC(F)(F)F. The Morgan fingerprint density at radius 1 is 1.17 bits per heavy atom. The molecule has 0 amide bonds. The molecule has 2 aromatic rings. The Bertz CT molecular complexity index is 858. The number of hydrogen-bond acceptors (Lipinski definition) is 4. The normalized spacial score (nSPS) is 12.6. The Kier molecular flexibility index (Phi) is 4.55. The Labute approximate surface area is 137 Å². The second-order valence-electron chi connectivity index (χ2n) is 5.20. The first-order valence-corrected chi connectivity index (χ1v) is 8.11. The summed E-state index contributed by atoms with van der Waals surface area (Å²) in [5.41, 5.74) is 6.57. The van der Waals surface area contributed by atoms with Crippen LogP contribution in [0.5, 0.6) is 5.75 Å². The number of halogens is 3. The van der Waals surface area contributed by atoms with Crippen molar-refractivity contribution in [1.82, 2.24) is 8.87 Å². The zero-order valence-corrected chi connectivity index (χ0v) is 13.9. The minimum Gasteiger partial charge on any atom is -0.404 e. The fourth-order valence-electron chi connectivity index (χ4n) is 2.10. The van der Waals surface area contributed by atoms with Crippen molar-refractivity contribution in [2.45, 2.75) is 11.3 Å². The smallest absolute Gasteiger partial charge is 0.404 e. The molecule has 1 aromatic heterocycles. The van der Waals surface area contributed by atoms with E-state index in [1.165, 1.54) is 20.2 Å². The van der Waals surface area contributed by atoms with Crippen LogP contribution in [-0.2, 0) is 17.1 Å². The van der Waals surface area contributed by atoms with Gasteiger partial charge in [-0.25, -0.2) is 12.7 Å². The van der Waals surface area contributed by atoms with E-state index in [0.717, 1.165) is 16.4 Å². The molecule has 0 bridgehead atoms. The molecule has 132 valence electrons. The van der Waals surface area contributed by atoms with Crippen LogP contribution in [0.2, 0.25) is 0 Å². The molecule has 1 aromatic carbocycles. The van der Waals surface area contributed by atoms with E-state index in [1.807, 2.05) is 0 Å². The van der Waals surface area contributed by atoms with Crippen LogP contribution < -0.4 is 10.5 Å². The Hall–Kier alpha value is -2.20. The molecule has 0 fully saturated rings. The molecule has 2 rings (SSSR count). The molecule has 0 radical (unpaired) electrons. The predicted octanol–water partition coefficient (Wildman–Crippen LogP) is 2.42. The Balaban J connectivity index is 2.65. The molecular formula is C14H16F3N3O3S. The summed E-state index contributed by atoms with van der Waals surface area (Å²) in [6.07, 6.45) is -5.03. The van der Waals surface area contributed by atoms with Crippen LogP contribution in [0.15, 0.2) is 35.2 Å². The second-order valence-corrected chi connectivity index (χ2v) is 7.32. The maximum Gasteiger partial charge on any atom is 0.573 e. The van der Waals surface area contributed by atoms with E-state index in [0.29, 0.717) is 17.1 Å². The van der Waals surface area contributed by atoms with Gasteiger partial charge in [0.2, 0.25) is 10.0 Å². The molecule has 0 saturated carbocycles. The first kappa shape index (κ1) is 18.1. The van der Waals surface area contributed by atoms with E-state index in [4.69, 9.17) is 5.73 Å². The molecule has 0 spiro atoms. The fourth-order valence-corrected chi connectivity index (χ4v) is 3.09. The largest absolute Gasteiger partial charge is 0.573 e. The lowest BCUT2D eigenvalue weighted by Crippen LogP contribution is -2.25. The minimum absolute atomic E-state index is 0.339. The van der Waals surface area contributed by atoms with Gasteiger partial charge in [-0.15, -0.1) is 13.2 Å². The maximum atomic E-state index is 12.7. The van der Waals surface area contributed by atoms with Gasteiger partial charge in [0, 0.05) is 32.4 Å². The van der Waals surface area contributed by atoms with Crippen molar-refractivity contribution >= 4 is 15.8 Å². The molecule has 0 atom stereocenters. The van der Waals surface area contributed by atoms with Gasteiger partial charge in [0.25, 0.3) is 0 Å². The molecule has 0 aliphatic carbocycles. The first-order valence-electron chi connectivity index (χ1n) is 6.67. The van der Waals surface area contributed by atoms with Crippen molar-refractivity contribution in [3.05, 3.63) is 30.3 Å². The molecule has 0 aliphatic rings. The third kappa shape index (κ3) is 3.49. The monoisotopic (exact) mass is 363 g/mol. The Morgan fingerprint density at radius 3 is 2.25 bits per heavy atom. The van der Waals surface area contributed by atoms with Crippen molar-refractivity contribution in [1.29, 1.82) is 0 Å². The molecule has 0 aliphatic heterocycles. The zero-order valence-electron chi connectivity index (χ0n) is 13.1. The number of rotatable bonds is 4. The third-order valence-electron chi connectivity index (χ3n) is 3.38. The number of nitrogens with zero attached hydrogens (tertiary/aromatic N) is 2.